The average Bonchev–Trinajstić information content (AvgIpc) is 3.40. The summed E-state index contributed by atoms with van der Waals surface area (Å²) in [6.07, 6.45) is 5.63. The SMILES string of the molecule is COc1cc2c(Nc3ccc4c(cnn4Cc4ccccc4)c3)ncnc2cc1NCCCCN1CC[S+]([O-])CC1. The standard InChI is InChI=1S/C31H35N7O2S/c1-40-30-18-26-27(19-28(30)32-11-5-6-12-37-13-15-41(39)16-14-37)33-22-34-31(26)36-25-9-10-29-24(17-25)20-35-38(29)21-23-7-3-2-4-8-23/h2-4,7-10,17-20,22,32H,5-6,11-16,21H2,1H3,(H,33,34,36). The molecular weight excluding hydrogens is 534 g/mol. The van der Waals surface area contributed by atoms with Crippen molar-refractivity contribution in [2.75, 3.05) is 55.4 Å². The van der Waals surface area contributed by atoms with Gasteiger partial charge in [0.05, 0.1) is 36.6 Å². The molecule has 1 aliphatic heterocycles. The van der Waals surface area contributed by atoms with Crippen molar-refractivity contribution < 1.29 is 9.29 Å². The van der Waals surface area contributed by atoms with Crippen LogP contribution in [0.4, 0.5) is 17.2 Å². The number of methoxy groups -OCH3 is 1. The molecule has 2 N–H and O–H groups in total. The van der Waals surface area contributed by atoms with E-state index in [0.717, 1.165) is 102 Å². The third kappa shape index (κ3) is 6.56. The molecule has 3 heterocycles. The Morgan fingerprint density at radius 1 is 1.00 bits per heavy atom. The van der Waals surface area contributed by atoms with Gasteiger partial charge in [-0.2, -0.15) is 5.10 Å². The molecule has 0 bridgehead atoms. The first-order valence-electron chi connectivity index (χ1n) is 14.1. The van der Waals surface area contributed by atoms with Crippen LogP contribution < -0.4 is 15.4 Å². The van der Waals surface area contributed by atoms with E-state index in [1.807, 2.05) is 41.2 Å². The van der Waals surface area contributed by atoms with Crippen LogP contribution in [-0.2, 0) is 17.7 Å². The summed E-state index contributed by atoms with van der Waals surface area (Å²) in [5.74, 6) is 3.09. The first-order valence-corrected chi connectivity index (χ1v) is 15.6. The average molecular weight is 570 g/mol. The van der Waals surface area contributed by atoms with Crippen LogP contribution in [0.25, 0.3) is 21.8 Å². The Bertz CT molecular complexity index is 1600. The van der Waals surface area contributed by atoms with Crippen molar-refractivity contribution in [1.82, 2.24) is 24.6 Å². The maximum atomic E-state index is 11.6. The lowest BCUT2D eigenvalue weighted by molar-refractivity contribution is 0.290. The van der Waals surface area contributed by atoms with Crippen molar-refractivity contribution in [2.24, 2.45) is 0 Å². The van der Waals surface area contributed by atoms with Gasteiger partial charge in [0.25, 0.3) is 0 Å². The van der Waals surface area contributed by atoms with Crippen molar-refractivity contribution in [3.05, 3.63) is 78.8 Å². The third-order valence-electron chi connectivity index (χ3n) is 7.52. The molecule has 1 fully saturated rings. The summed E-state index contributed by atoms with van der Waals surface area (Å²) in [6, 6.07) is 20.6. The molecule has 0 saturated carbocycles. The number of rotatable bonds is 11. The quantitative estimate of drug-likeness (QED) is 0.169. The number of aromatic nitrogens is 4. The molecule has 9 nitrogen and oxygen atoms in total. The van der Waals surface area contributed by atoms with Crippen molar-refractivity contribution >= 4 is 50.2 Å². The highest BCUT2D eigenvalue weighted by Crippen LogP contribution is 2.33. The van der Waals surface area contributed by atoms with Crippen LogP contribution >= 0.6 is 0 Å². The highest BCUT2D eigenvalue weighted by atomic mass is 32.2. The molecular formula is C31H35N7O2S. The van der Waals surface area contributed by atoms with Crippen LogP contribution in [0.2, 0.25) is 0 Å². The molecule has 41 heavy (non-hydrogen) atoms. The van der Waals surface area contributed by atoms with Gasteiger partial charge >= 0.3 is 0 Å². The van der Waals surface area contributed by atoms with E-state index in [4.69, 9.17) is 4.74 Å². The highest BCUT2D eigenvalue weighted by Gasteiger charge is 2.18. The molecule has 5 aromatic rings. The zero-order valence-electron chi connectivity index (χ0n) is 23.3. The number of fused-ring (bicyclic) bond motifs is 2. The van der Waals surface area contributed by atoms with Gasteiger partial charge in [-0.05, 0) is 55.3 Å². The van der Waals surface area contributed by atoms with Gasteiger partial charge in [-0.15, -0.1) is 0 Å². The van der Waals surface area contributed by atoms with Crippen molar-refractivity contribution in [3.8, 4) is 5.75 Å². The molecule has 1 saturated heterocycles. The summed E-state index contributed by atoms with van der Waals surface area (Å²) in [6.45, 7) is 4.51. The summed E-state index contributed by atoms with van der Waals surface area (Å²) in [7, 11) is 1.69. The lowest BCUT2D eigenvalue weighted by atomic mass is 10.1. The second-order valence-corrected chi connectivity index (χ2v) is 12.0. The maximum Gasteiger partial charge on any atom is 0.142 e. The summed E-state index contributed by atoms with van der Waals surface area (Å²) < 4.78 is 19.3. The van der Waals surface area contributed by atoms with Crippen LogP contribution in [0.1, 0.15) is 18.4 Å². The zero-order valence-corrected chi connectivity index (χ0v) is 24.1. The topological polar surface area (TPSA) is 103 Å². The fourth-order valence-corrected chi connectivity index (χ4v) is 6.38. The summed E-state index contributed by atoms with van der Waals surface area (Å²) in [4.78, 5) is 11.5. The van der Waals surface area contributed by atoms with E-state index >= 15 is 0 Å². The molecule has 0 radical (unpaired) electrons. The van der Waals surface area contributed by atoms with E-state index < -0.39 is 11.2 Å². The van der Waals surface area contributed by atoms with Gasteiger partial charge in [0.15, 0.2) is 0 Å². The molecule has 1 aliphatic rings. The van der Waals surface area contributed by atoms with Gasteiger partial charge in [-0.25, -0.2) is 9.97 Å². The van der Waals surface area contributed by atoms with Crippen molar-refractivity contribution in [2.45, 2.75) is 19.4 Å². The van der Waals surface area contributed by atoms with Crippen LogP contribution in [0, 0.1) is 0 Å². The lowest BCUT2D eigenvalue weighted by Gasteiger charge is -2.27. The van der Waals surface area contributed by atoms with Gasteiger partial charge in [-0.3, -0.25) is 9.58 Å². The second-order valence-electron chi connectivity index (χ2n) is 10.3. The summed E-state index contributed by atoms with van der Waals surface area (Å²) in [5.41, 5.74) is 4.98. The first-order chi connectivity index (χ1) is 20.2. The number of nitrogens with zero attached hydrogens (tertiary/aromatic N) is 5. The highest BCUT2D eigenvalue weighted by molar-refractivity contribution is 7.91. The fourth-order valence-electron chi connectivity index (χ4n) is 5.26. The Labute approximate surface area is 243 Å². The minimum atomic E-state index is -0.622. The number of unbranched alkanes of at least 4 members (excludes halogenated alkanes) is 1. The van der Waals surface area contributed by atoms with Crippen LogP contribution in [0.5, 0.6) is 5.75 Å². The van der Waals surface area contributed by atoms with E-state index in [9.17, 15) is 4.55 Å². The Balaban J connectivity index is 1.12. The molecule has 0 amide bonds. The molecule has 3 aromatic carbocycles. The number of benzene rings is 3. The smallest absolute Gasteiger partial charge is 0.142 e. The van der Waals surface area contributed by atoms with Crippen molar-refractivity contribution in [3.63, 3.8) is 0 Å². The maximum absolute atomic E-state index is 11.6. The Morgan fingerprint density at radius 3 is 2.68 bits per heavy atom. The Hall–Kier alpha value is -3.86. The minimum Gasteiger partial charge on any atom is -0.616 e. The molecule has 0 spiro atoms. The van der Waals surface area contributed by atoms with E-state index in [-0.39, 0.29) is 0 Å². The molecule has 0 unspecified atom stereocenters. The molecule has 0 aliphatic carbocycles. The van der Waals surface area contributed by atoms with Crippen LogP contribution in [-0.4, -0.2) is 74.0 Å². The van der Waals surface area contributed by atoms with Gasteiger partial charge in [0, 0.05) is 36.1 Å². The summed E-state index contributed by atoms with van der Waals surface area (Å²) in [5, 5.41) is 13.6. The number of hydrogen-bond acceptors (Lipinski definition) is 8. The van der Waals surface area contributed by atoms with E-state index in [1.54, 1.807) is 13.4 Å². The predicted octanol–water partition coefficient (Wildman–Crippen LogP) is 5.04. The molecule has 6 rings (SSSR count). The molecule has 2 aromatic heterocycles. The monoisotopic (exact) mass is 569 g/mol. The third-order valence-corrected chi connectivity index (χ3v) is 8.80. The van der Waals surface area contributed by atoms with Gasteiger partial charge in [-0.1, -0.05) is 41.5 Å². The molecule has 0 atom stereocenters. The van der Waals surface area contributed by atoms with Crippen LogP contribution in [0.15, 0.2) is 73.2 Å². The number of nitrogens with one attached hydrogen (secondary N) is 2. The van der Waals surface area contributed by atoms with E-state index in [0.29, 0.717) is 0 Å². The largest absolute Gasteiger partial charge is 0.616 e. The predicted molar refractivity (Wildman–Crippen MR) is 167 cm³/mol. The second kappa shape index (κ2) is 12.8. The Kier molecular flexibility index (Phi) is 8.50. The van der Waals surface area contributed by atoms with Gasteiger partial charge in [0.1, 0.15) is 29.4 Å². The molecule has 10 heteroatoms. The Morgan fingerprint density at radius 2 is 1.85 bits per heavy atom. The van der Waals surface area contributed by atoms with Gasteiger partial charge in [0.2, 0.25) is 0 Å². The molecule has 212 valence electrons. The van der Waals surface area contributed by atoms with Crippen molar-refractivity contribution in [1.29, 1.82) is 0 Å². The minimum absolute atomic E-state index is 0.622. The first kappa shape index (κ1) is 27.3. The lowest BCUT2D eigenvalue weighted by Crippen LogP contribution is -2.40. The van der Waals surface area contributed by atoms with E-state index in [1.165, 1.54) is 5.56 Å². The van der Waals surface area contributed by atoms with Gasteiger partial charge < -0.3 is 19.9 Å². The van der Waals surface area contributed by atoms with E-state index in [2.05, 4.69) is 60.9 Å². The number of ether oxygens (including phenoxy) is 1. The normalized spacial score (nSPS) is 14.5. The van der Waals surface area contributed by atoms with Crippen LogP contribution in [0.3, 0.4) is 0 Å². The fraction of sp³-hybridized carbons (Fsp3) is 0.323. The number of anilines is 3. The summed E-state index contributed by atoms with van der Waals surface area (Å²) >= 11 is -0.622. The number of hydrogen-bond donors (Lipinski definition) is 2. The zero-order chi connectivity index (χ0) is 28.0.